The standard InChI is InChI=1S/C9H9N5O/c15-8-7-6(11-4-12-8)3-10-9(14-7)13-5-1-2-5/h3-5H,1-2H2,(H,10,13,14)(H,11,12,15). The number of fused-ring (bicyclic) bond motifs is 1. The molecule has 0 bridgehead atoms. The number of rotatable bonds is 2. The molecule has 0 radical (unpaired) electrons. The minimum Gasteiger partial charge on any atom is -0.351 e. The monoisotopic (exact) mass is 203 g/mol. The van der Waals surface area contributed by atoms with Gasteiger partial charge in [0.1, 0.15) is 5.52 Å². The number of nitrogens with one attached hydrogen (secondary N) is 2. The summed E-state index contributed by atoms with van der Waals surface area (Å²) in [5.41, 5.74) is 0.608. The van der Waals surface area contributed by atoms with E-state index in [9.17, 15) is 4.79 Å². The molecule has 1 saturated carbocycles. The zero-order chi connectivity index (χ0) is 10.3. The van der Waals surface area contributed by atoms with Crippen LogP contribution in [0.3, 0.4) is 0 Å². The Morgan fingerprint density at radius 2 is 2.27 bits per heavy atom. The van der Waals surface area contributed by atoms with Crippen LogP contribution in [0, 0.1) is 0 Å². The summed E-state index contributed by atoms with van der Waals surface area (Å²) in [6.45, 7) is 0. The van der Waals surface area contributed by atoms with E-state index in [0.717, 1.165) is 12.8 Å². The van der Waals surface area contributed by atoms with Gasteiger partial charge >= 0.3 is 0 Å². The number of nitrogens with zero attached hydrogens (tertiary/aromatic N) is 3. The topological polar surface area (TPSA) is 83.6 Å². The third-order valence-electron chi connectivity index (χ3n) is 2.29. The molecule has 2 N–H and O–H groups in total. The summed E-state index contributed by atoms with van der Waals surface area (Å²) >= 11 is 0. The Morgan fingerprint density at radius 1 is 1.40 bits per heavy atom. The zero-order valence-electron chi connectivity index (χ0n) is 7.90. The molecule has 0 saturated heterocycles. The zero-order valence-corrected chi connectivity index (χ0v) is 7.90. The average molecular weight is 203 g/mol. The van der Waals surface area contributed by atoms with Crippen molar-refractivity contribution in [2.75, 3.05) is 5.32 Å². The summed E-state index contributed by atoms with van der Waals surface area (Å²) in [5, 5.41) is 3.13. The van der Waals surface area contributed by atoms with E-state index in [1.54, 1.807) is 6.20 Å². The first-order valence-corrected chi connectivity index (χ1v) is 4.80. The summed E-state index contributed by atoms with van der Waals surface area (Å²) in [7, 11) is 0. The van der Waals surface area contributed by atoms with Crippen molar-refractivity contribution in [2.24, 2.45) is 0 Å². The van der Waals surface area contributed by atoms with Gasteiger partial charge in [0.25, 0.3) is 5.56 Å². The van der Waals surface area contributed by atoms with E-state index in [0.29, 0.717) is 23.0 Å². The summed E-state index contributed by atoms with van der Waals surface area (Å²) in [6.07, 6.45) is 5.19. The molecule has 3 rings (SSSR count). The highest BCUT2D eigenvalue weighted by Gasteiger charge is 2.22. The lowest BCUT2D eigenvalue weighted by Gasteiger charge is -2.01. The van der Waals surface area contributed by atoms with E-state index in [-0.39, 0.29) is 5.56 Å². The molecule has 15 heavy (non-hydrogen) atoms. The first kappa shape index (κ1) is 8.34. The lowest BCUT2D eigenvalue weighted by Crippen LogP contribution is -2.11. The highest BCUT2D eigenvalue weighted by atomic mass is 16.1. The van der Waals surface area contributed by atoms with Crippen LogP contribution >= 0.6 is 0 Å². The number of anilines is 1. The molecule has 0 aliphatic heterocycles. The number of hydrogen-bond acceptors (Lipinski definition) is 5. The molecule has 0 aromatic carbocycles. The van der Waals surface area contributed by atoms with Crippen LogP contribution < -0.4 is 10.9 Å². The second-order valence-electron chi connectivity index (χ2n) is 3.58. The lowest BCUT2D eigenvalue weighted by atomic mass is 10.4. The van der Waals surface area contributed by atoms with Gasteiger partial charge in [-0.05, 0) is 12.8 Å². The van der Waals surface area contributed by atoms with Crippen LogP contribution in [-0.2, 0) is 0 Å². The molecule has 1 aliphatic rings. The number of hydrogen-bond donors (Lipinski definition) is 2. The molecular weight excluding hydrogens is 194 g/mol. The first-order valence-electron chi connectivity index (χ1n) is 4.80. The van der Waals surface area contributed by atoms with Gasteiger partial charge in [0, 0.05) is 6.04 Å². The molecule has 76 valence electrons. The molecule has 2 aromatic rings. The number of aromatic amines is 1. The first-order chi connectivity index (χ1) is 7.33. The van der Waals surface area contributed by atoms with Crippen LogP contribution in [0.25, 0.3) is 11.0 Å². The average Bonchev–Trinajstić information content (AvgIpc) is 3.03. The van der Waals surface area contributed by atoms with Gasteiger partial charge in [-0.3, -0.25) is 4.79 Å². The Balaban J connectivity index is 2.11. The van der Waals surface area contributed by atoms with Crippen molar-refractivity contribution >= 4 is 17.0 Å². The molecular formula is C9H9N5O. The summed E-state index contributed by atoms with van der Waals surface area (Å²) in [5.74, 6) is 0.503. The molecule has 6 heteroatoms. The van der Waals surface area contributed by atoms with Gasteiger partial charge in [-0.25, -0.2) is 15.0 Å². The van der Waals surface area contributed by atoms with Crippen LogP contribution in [0.2, 0.25) is 0 Å². The Morgan fingerprint density at radius 3 is 3.07 bits per heavy atom. The number of H-pyrrole nitrogens is 1. The normalized spacial score (nSPS) is 15.5. The van der Waals surface area contributed by atoms with E-state index in [1.807, 2.05) is 0 Å². The third-order valence-corrected chi connectivity index (χ3v) is 2.29. The van der Waals surface area contributed by atoms with E-state index in [4.69, 9.17) is 0 Å². The van der Waals surface area contributed by atoms with Crippen molar-refractivity contribution in [1.82, 2.24) is 19.9 Å². The molecule has 0 spiro atoms. The van der Waals surface area contributed by atoms with Crippen molar-refractivity contribution in [3.05, 3.63) is 22.9 Å². The van der Waals surface area contributed by atoms with Crippen molar-refractivity contribution in [3.63, 3.8) is 0 Å². The summed E-state index contributed by atoms with van der Waals surface area (Å²) in [6, 6.07) is 0.471. The Labute approximate surface area is 84.8 Å². The van der Waals surface area contributed by atoms with Gasteiger partial charge in [0.05, 0.1) is 12.5 Å². The molecule has 6 nitrogen and oxygen atoms in total. The largest absolute Gasteiger partial charge is 0.351 e. The Kier molecular flexibility index (Phi) is 1.67. The predicted molar refractivity (Wildman–Crippen MR) is 54.6 cm³/mol. The van der Waals surface area contributed by atoms with E-state index < -0.39 is 0 Å². The van der Waals surface area contributed by atoms with Gasteiger partial charge in [-0.1, -0.05) is 0 Å². The van der Waals surface area contributed by atoms with E-state index in [2.05, 4.69) is 25.3 Å². The second kappa shape index (κ2) is 3.01. The van der Waals surface area contributed by atoms with Gasteiger partial charge < -0.3 is 10.3 Å². The van der Waals surface area contributed by atoms with E-state index >= 15 is 0 Å². The van der Waals surface area contributed by atoms with Crippen LogP contribution in [0.1, 0.15) is 12.8 Å². The van der Waals surface area contributed by atoms with Crippen molar-refractivity contribution in [1.29, 1.82) is 0 Å². The molecule has 0 unspecified atom stereocenters. The highest BCUT2D eigenvalue weighted by molar-refractivity contribution is 5.72. The quantitative estimate of drug-likeness (QED) is 0.732. The SMILES string of the molecule is O=c1[nH]cnc2cnc(NC3CC3)nc12. The van der Waals surface area contributed by atoms with Gasteiger partial charge in [0.15, 0.2) is 5.52 Å². The van der Waals surface area contributed by atoms with Crippen LogP contribution in [0.4, 0.5) is 5.95 Å². The molecule has 1 fully saturated rings. The summed E-state index contributed by atoms with van der Waals surface area (Å²) in [4.78, 5) is 26.1. The van der Waals surface area contributed by atoms with Gasteiger partial charge in [0.2, 0.25) is 5.95 Å². The Bertz CT molecular complexity index is 560. The maximum atomic E-state index is 11.4. The molecule has 2 heterocycles. The fourth-order valence-corrected chi connectivity index (χ4v) is 1.35. The molecule has 1 aliphatic carbocycles. The molecule has 2 aromatic heterocycles. The van der Waals surface area contributed by atoms with Crippen LogP contribution in [0.5, 0.6) is 0 Å². The van der Waals surface area contributed by atoms with Gasteiger partial charge in [-0.15, -0.1) is 0 Å². The van der Waals surface area contributed by atoms with Crippen LogP contribution in [-0.4, -0.2) is 26.0 Å². The van der Waals surface area contributed by atoms with E-state index in [1.165, 1.54) is 6.33 Å². The smallest absolute Gasteiger partial charge is 0.277 e. The lowest BCUT2D eigenvalue weighted by molar-refractivity contribution is 1.05. The maximum absolute atomic E-state index is 11.4. The van der Waals surface area contributed by atoms with Gasteiger partial charge in [-0.2, -0.15) is 0 Å². The highest BCUT2D eigenvalue weighted by Crippen LogP contribution is 2.22. The second-order valence-corrected chi connectivity index (χ2v) is 3.58. The summed E-state index contributed by atoms with van der Waals surface area (Å²) < 4.78 is 0. The van der Waals surface area contributed by atoms with Crippen molar-refractivity contribution in [3.8, 4) is 0 Å². The number of aromatic nitrogens is 4. The molecule has 0 amide bonds. The molecule has 0 atom stereocenters. The predicted octanol–water partition coefficient (Wildman–Crippen LogP) is 0.287. The van der Waals surface area contributed by atoms with Crippen LogP contribution in [0.15, 0.2) is 17.3 Å². The fraction of sp³-hybridized carbons (Fsp3) is 0.333. The fourth-order valence-electron chi connectivity index (χ4n) is 1.35. The minimum atomic E-state index is -0.235. The maximum Gasteiger partial charge on any atom is 0.277 e. The minimum absolute atomic E-state index is 0.235. The Hall–Kier alpha value is -1.98. The van der Waals surface area contributed by atoms with Crippen molar-refractivity contribution in [2.45, 2.75) is 18.9 Å². The van der Waals surface area contributed by atoms with Crippen molar-refractivity contribution < 1.29 is 0 Å². The third kappa shape index (κ3) is 1.54.